The lowest BCUT2D eigenvalue weighted by atomic mass is 9.92. The number of hydrogen-bond donors (Lipinski definition) is 16. The van der Waals surface area contributed by atoms with Gasteiger partial charge < -0.3 is 130 Å². The molecule has 0 spiro atoms. The molecule has 3 aliphatic rings. The normalized spacial score (nSPS) is 28.7. The number of amides is 5. The second kappa shape index (κ2) is 42.9. The zero-order valence-corrected chi connectivity index (χ0v) is 53.1. The third-order valence-corrected chi connectivity index (χ3v) is 17.5. The van der Waals surface area contributed by atoms with E-state index in [1.54, 1.807) is 41.5 Å². The number of carbonyl (C=O) groups is 5. The van der Waals surface area contributed by atoms with E-state index in [4.69, 9.17) is 47.2 Å². The quantitative estimate of drug-likeness (QED) is 0.0159. The van der Waals surface area contributed by atoms with E-state index in [2.05, 4.69) is 26.6 Å². The minimum absolute atomic E-state index is 0. The molecule has 33 heteroatoms. The number of carbonyl (C=O) groups excluding carboxylic acids is 5. The van der Waals surface area contributed by atoms with Crippen molar-refractivity contribution < 1.29 is 132 Å². The smallest absolute Gasteiger partial charge is 0.333 e. The Kier molecular flexibility index (Phi) is 39.5. The third-order valence-electron chi connectivity index (χ3n) is 15.3. The highest BCUT2D eigenvalue weighted by Crippen LogP contribution is 2.55. The van der Waals surface area contributed by atoms with E-state index in [1.807, 2.05) is 0 Å². The lowest BCUT2D eigenvalue weighted by Gasteiger charge is -2.40. The van der Waals surface area contributed by atoms with E-state index in [-0.39, 0.29) is 126 Å². The minimum Gasteiger partial charge on any atom is -0.396 e. The number of aliphatic hydroxyl groups is 10. The molecule has 16 N–H and O–H groups in total. The molecule has 0 bridgehead atoms. The first-order chi connectivity index (χ1) is 42.1. The summed E-state index contributed by atoms with van der Waals surface area (Å²) in [5, 5.41) is 112. The summed E-state index contributed by atoms with van der Waals surface area (Å²) in [4.78, 5) is 76.1. The molecule has 3 fully saturated rings. The van der Waals surface area contributed by atoms with Gasteiger partial charge in [0.15, 0.2) is 18.9 Å². The number of nitrogens with one attached hydrogen (secondary N) is 5. The Bertz CT molecular complexity index is 1940. The van der Waals surface area contributed by atoms with E-state index >= 15 is 0 Å². The van der Waals surface area contributed by atoms with Crippen LogP contribution in [0.3, 0.4) is 0 Å². The summed E-state index contributed by atoms with van der Waals surface area (Å²) in [7, 11) is -4.00. The first-order valence-electron chi connectivity index (χ1n) is 30.6. The Morgan fingerprint density at radius 1 is 0.500 bits per heavy atom. The predicted octanol–water partition coefficient (Wildman–Crippen LogP) is -3.61. The maximum absolute atomic E-state index is 13.8. The molecule has 0 aromatic rings. The summed E-state index contributed by atoms with van der Waals surface area (Å²) >= 11 is 0. The molecule has 90 heavy (non-hydrogen) atoms. The Hall–Kier alpha value is -3.26. The Morgan fingerprint density at radius 3 is 1.16 bits per heavy atom. The number of aliphatic hydroxyl groups excluding tert-OH is 10. The van der Waals surface area contributed by atoms with Crippen molar-refractivity contribution in [2.45, 2.75) is 191 Å². The second-order valence-electron chi connectivity index (χ2n) is 23.9. The average molecular weight is 1330 g/mol. The van der Waals surface area contributed by atoms with E-state index in [9.17, 15) is 84.5 Å². The van der Waals surface area contributed by atoms with Gasteiger partial charge in [-0.3, -0.25) is 28.5 Å². The molecule has 3 heterocycles. The van der Waals surface area contributed by atoms with Crippen LogP contribution in [0.1, 0.15) is 107 Å². The Balaban J connectivity index is 0.0000276. The van der Waals surface area contributed by atoms with Crippen LogP contribution >= 0.6 is 7.60 Å². The van der Waals surface area contributed by atoms with E-state index < -0.39 is 172 Å². The van der Waals surface area contributed by atoms with Gasteiger partial charge in [-0.05, 0) is 52.9 Å². The monoisotopic (exact) mass is 1330 g/mol. The first-order valence-corrected chi connectivity index (χ1v) is 32.1. The summed E-state index contributed by atoms with van der Waals surface area (Å²) in [5.41, 5.74) is -1.62. The van der Waals surface area contributed by atoms with Crippen molar-refractivity contribution in [1.82, 2.24) is 26.6 Å². The van der Waals surface area contributed by atoms with E-state index in [0.717, 1.165) is 0 Å². The fraction of sp³-hybridized carbons (Fsp3) is 0.912. The zero-order valence-electron chi connectivity index (χ0n) is 52.2. The van der Waals surface area contributed by atoms with Crippen LogP contribution in [0.5, 0.6) is 0 Å². The van der Waals surface area contributed by atoms with Crippen LogP contribution in [0.2, 0.25) is 0 Å². The maximum atomic E-state index is 13.8. The van der Waals surface area contributed by atoms with Gasteiger partial charge in [0.1, 0.15) is 48.6 Å². The van der Waals surface area contributed by atoms with Crippen LogP contribution in [0.25, 0.3) is 0 Å². The standard InChI is InChI=1S/C56H104N5O27P.CH4/c1-34-46(71)49(74)38(27-63)86-52(34)82-19-8-16-57-41(66)12-22-79-31-56(61-45(70)25-44(69)60-15-7-11-37(26-62)30-85-89(77,78)55(4,5)6,32-80-23-13-42(67)58-17-9-20-83-53-35(2)47(72)50(75)39(28-64)87-53)33-81-24-14-43(68)59-18-10-21-84-54-36(3)48(73)51(76)40(29-65)88-54;/h34-40,46-54,62-65,71-76H,7-33H2,1-6H3,(H,57,66)(H,58,67)(H,59,68)(H,60,69)(H,61,70)(H,77,78);1H4/t34?,35?,36?,37?,38?,39?,40?,46-,47-,48-,49+,50+,51+,52-,53-,54-,56?;/m1./s1. The molecule has 3 rings (SSSR count). The van der Waals surface area contributed by atoms with Gasteiger partial charge in [-0.25, -0.2) is 0 Å². The SMILES string of the molecule is C.CC1[C@H](OCCCNC(=O)CCOCC(COCCC(=O)NCCCO[C@@H]2OC(CO)[C@H](O)[C@H](O)C2C)(COCCC(=O)NCCCO[C@@H]2OC(CO)[C@H](O)[C@H](O)C2C)NC(=O)CC(=O)NCCCC(CO)COP(=O)(O)C(C)(C)C)OC(CO)[C@H](O)[C@@H]1O. The summed E-state index contributed by atoms with van der Waals surface area (Å²) in [6.07, 6.45) is -12.9. The molecule has 0 saturated carbocycles. The summed E-state index contributed by atoms with van der Waals surface area (Å²) < 4.78 is 69.7. The molecule has 8 unspecified atom stereocenters. The molecular weight excluding hydrogens is 1220 g/mol. The van der Waals surface area contributed by atoms with Gasteiger partial charge in [0.25, 0.3) is 0 Å². The molecule has 0 aromatic heterocycles. The zero-order chi connectivity index (χ0) is 66.3. The lowest BCUT2D eigenvalue weighted by molar-refractivity contribution is -0.282. The van der Waals surface area contributed by atoms with Crippen LogP contribution in [-0.2, 0) is 75.7 Å². The van der Waals surface area contributed by atoms with Crippen LogP contribution < -0.4 is 26.6 Å². The number of ether oxygens (including phenoxy) is 9. The third kappa shape index (κ3) is 28.8. The molecule has 528 valence electrons. The summed E-state index contributed by atoms with van der Waals surface area (Å²) in [6.45, 7) is 6.46. The molecule has 5 amide bonds. The fourth-order valence-corrected chi connectivity index (χ4v) is 10.1. The van der Waals surface area contributed by atoms with Crippen molar-refractivity contribution in [3.05, 3.63) is 0 Å². The van der Waals surface area contributed by atoms with Gasteiger partial charge in [0, 0.05) is 75.7 Å². The second-order valence-corrected chi connectivity index (χ2v) is 26.5. The molecular formula is C57H108N5O27P. The molecule has 0 aromatic carbocycles. The van der Waals surface area contributed by atoms with Crippen LogP contribution in [0, 0.1) is 23.7 Å². The number of rotatable bonds is 44. The summed E-state index contributed by atoms with van der Waals surface area (Å²) in [5.74, 6) is -5.13. The van der Waals surface area contributed by atoms with E-state index in [1.165, 1.54) is 0 Å². The molecule has 32 nitrogen and oxygen atoms in total. The average Bonchev–Trinajstić information content (AvgIpc) is 1.22. The molecule has 3 saturated heterocycles. The van der Waals surface area contributed by atoms with Gasteiger partial charge in [-0.15, -0.1) is 0 Å². The highest BCUT2D eigenvalue weighted by molar-refractivity contribution is 7.54. The molecule has 0 aliphatic carbocycles. The van der Waals surface area contributed by atoms with Gasteiger partial charge in [0.05, 0.1) is 109 Å². The molecule has 3 aliphatic heterocycles. The molecule has 17 atom stereocenters. The maximum Gasteiger partial charge on any atom is 0.333 e. The van der Waals surface area contributed by atoms with Crippen molar-refractivity contribution in [1.29, 1.82) is 0 Å². The van der Waals surface area contributed by atoms with Gasteiger partial charge in [-0.1, -0.05) is 28.2 Å². The fourth-order valence-electron chi connectivity index (χ4n) is 9.32. The van der Waals surface area contributed by atoms with Crippen molar-refractivity contribution in [3.63, 3.8) is 0 Å². The Labute approximate surface area is 527 Å². The van der Waals surface area contributed by atoms with Crippen molar-refractivity contribution in [2.75, 3.05) is 119 Å². The summed E-state index contributed by atoms with van der Waals surface area (Å²) in [6, 6.07) is 0. The molecule has 0 radical (unpaired) electrons. The largest absolute Gasteiger partial charge is 0.396 e. The Morgan fingerprint density at radius 2 is 0.833 bits per heavy atom. The van der Waals surface area contributed by atoms with Gasteiger partial charge in [-0.2, -0.15) is 0 Å². The topological polar surface area (TPSA) is 477 Å². The van der Waals surface area contributed by atoms with Crippen LogP contribution in [-0.4, -0.2) is 289 Å². The van der Waals surface area contributed by atoms with Gasteiger partial charge in [0.2, 0.25) is 29.5 Å². The van der Waals surface area contributed by atoms with Crippen molar-refractivity contribution >= 4 is 37.1 Å². The van der Waals surface area contributed by atoms with Crippen LogP contribution in [0.4, 0.5) is 0 Å². The number of hydrogen-bond acceptors (Lipinski definition) is 26. The minimum atomic E-state index is -4.00. The predicted molar refractivity (Wildman–Crippen MR) is 318 cm³/mol. The van der Waals surface area contributed by atoms with Gasteiger partial charge >= 0.3 is 7.60 Å². The first kappa shape index (κ1) is 82.8. The van der Waals surface area contributed by atoms with Crippen molar-refractivity contribution in [3.8, 4) is 0 Å². The van der Waals surface area contributed by atoms with Crippen LogP contribution in [0.15, 0.2) is 0 Å². The van der Waals surface area contributed by atoms with Crippen molar-refractivity contribution in [2.24, 2.45) is 23.7 Å². The highest BCUT2D eigenvalue weighted by Gasteiger charge is 2.45. The van der Waals surface area contributed by atoms with E-state index in [0.29, 0.717) is 32.1 Å². The lowest BCUT2D eigenvalue weighted by Crippen LogP contribution is -2.59. The highest BCUT2D eigenvalue weighted by atomic mass is 31.2.